The number of hydrogen-bond donors (Lipinski definition) is 0. The molecule has 0 amide bonds. The molecule has 0 radical (unpaired) electrons. The number of hydrogen-bond acceptors (Lipinski definition) is 4. The van der Waals surface area contributed by atoms with Crippen molar-refractivity contribution < 1.29 is 9.53 Å². The minimum Gasteiger partial charge on any atom is -0.469 e. The van der Waals surface area contributed by atoms with Crippen molar-refractivity contribution in [3.63, 3.8) is 0 Å². The Morgan fingerprint density at radius 2 is 2.00 bits per heavy atom. The van der Waals surface area contributed by atoms with E-state index in [0.29, 0.717) is 6.42 Å². The van der Waals surface area contributed by atoms with Crippen molar-refractivity contribution in [1.82, 2.24) is 4.90 Å². The number of thioether (sulfide) groups is 1. The lowest BCUT2D eigenvalue weighted by molar-refractivity contribution is -0.140. The summed E-state index contributed by atoms with van der Waals surface area (Å²) in [4.78, 5) is 13.1. The van der Waals surface area contributed by atoms with Crippen molar-refractivity contribution in [2.75, 3.05) is 39.3 Å². The Kier molecular flexibility index (Phi) is 9.19. The Balaban J connectivity index is 3.26. The first-order chi connectivity index (χ1) is 6.70. The molecule has 0 aliphatic heterocycles. The van der Waals surface area contributed by atoms with E-state index in [1.165, 1.54) is 19.3 Å². The van der Waals surface area contributed by atoms with Gasteiger partial charge in [0.05, 0.1) is 7.11 Å². The molecule has 0 aromatic carbocycles. The van der Waals surface area contributed by atoms with Gasteiger partial charge in [-0.25, -0.2) is 0 Å². The third-order valence-corrected chi connectivity index (χ3v) is 2.73. The molecule has 0 bridgehead atoms. The first kappa shape index (κ1) is 13.8. The van der Waals surface area contributed by atoms with Gasteiger partial charge in [0.1, 0.15) is 0 Å². The quantitative estimate of drug-likeness (QED) is 0.458. The van der Waals surface area contributed by atoms with Crippen molar-refractivity contribution in [2.24, 2.45) is 0 Å². The highest BCUT2D eigenvalue weighted by Gasteiger charge is 2.02. The predicted molar refractivity (Wildman–Crippen MR) is 61.7 cm³/mol. The highest BCUT2D eigenvalue weighted by Crippen LogP contribution is 1.99. The van der Waals surface area contributed by atoms with Gasteiger partial charge in [-0.05, 0) is 45.0 Å². The molecule has 0 rings (SSSR count). The van der Waals surface area contributed by atoms with Crippen LogP contribution in [0.2, 0.25) is 0 Å². The zero-order valence-electron chi connectivity index (χ0n) is 9.41. The summed E-state index contributed by atoms with van der Waals surface area (Å²) >= 11 is 1.88. The number of rotatable bonds is 8. The maximum Gasteiger partial charge on any atom is 0.305 e. The molecule has 0 spiro atoms. The van der Waals surface area contributed by atoms with Gasteiger partial charge < -0.3 is 9.64 Å². The molecule has 0 saturated carbocycles. The SMILES string of the molecule is COC(=O)CCCN(C)CCCSC. The monoisotopic (exact) mass is 219 g/mol. The summed E-state index contributed by atoms with van der Waals surface area (Å²) in [5.74, 6) is 1.10. The van der Waals surface area contributed by atoms with Crippen molar-refractivity contribution in [3.05, 3.63) is 0 Å². The largest absolute Gasteiger partial charge is 0.469 e. The first-order valence-corrected chi connectivity index (χ1v) is 6.34. The molecule has 14 heavy (non-hydrogen) atoms. The number of esters is 1. The Morgan fingerprint density at radius 1 is 1.36 bits per heavy atom. The summed E-state index contributed by atoms with van der Waals surface area (Å²) in [5, 5.41) is 0. The molecule has 0 atom stereocenters. The maximum atomic E-state index is 10.8. The summed E-state index contributed by atoms with van der Waals surface area (Å²) in [7, 11) is 3.53. The van der Waals surface area contributed by atoms with Gasteiger partial charge in [-0.2, -0.15) is 11.8 Å². The predicted octanol–water partition coefficient (Wildman–Crippen LogP) is 1.62. The molecule has 0 aliphatic rings. The minimum absolute atomic E-state index is 0.109. The second-order valence-electron chi connectivity index (χ2n) is 3.33. The molecule has 3 nitrogen and oxygen atoms in total. The molecule has 0 unspecified atom stereocenters. The standard InChI is InChI=1S/C10H21NO2S/c1-11(8-5-9-14-3)7-4-6-10(12)13-2/h4-9H2,1-3H3. The lowest BCUT2D eigenvalue weighted by Crippen LogP contribution is -2.22. The van der Waals surface area contributed by atoms with E-state index in [0.717, 1.165) is 19.5 Å². The van der Waals surface area contributed by atoms with Crippen molar-refractivity contribution in [2.45, 2.75) is 19.3 Å². The second-order valence-corrected chi connectivity index (χ2v) is 4.31. The van der Waals surface area contributed by atoms with Crippen LogP contribution < -0.4 is 0 Å². The van der Waals surface area contributed by atoms with Crippen LogP contribution in [0.5, 0.6) is 0 Å². The lowest BCUT2D eigenvalue weighted by Gasteiger charge is -2.15. The Morgan fingerprint density at radius 3 is 2.57 bits per heavy atom. The average molecular weight is 219 g/mol. The highest BCUT2D eigenvalue weighted by atomic mass is 32.2. The van der Waals surface area contributed by atoms with Crippen LogP contribution in [0, 0.1) is 0 Å². The van der Waals surface area contributed by atoms with Gasteiger partial charge in [0.2, 0.25) is 0 Å². The summed E-state index contributed by atoms with van der Waals surface area (Å²) in [6.07, 6.45) is 4.76. The molecular formula is C10H21NO2S. The van der Waals surface area contributed by atoms with Gasteiger partial charge in [0.25, 0.3) is 0 Å². The number of ether oxygens (including phenoxy) is 1. The fraction of sp³-hybridized carbons (Fsp3) is 0.900. The molecule has 0 saturated heterocycles. The van der Waals surface area contributed by atoms with Crippen LogP contribution in [0.1, 0.15) is 19.3 Å². The molecule has 84 valence electrons. The smallest absolute Gasteiger partial charge is 0.305 e. The molecule has 0 N–H and O–H groups in total. The Labute approximate surface area is 91.2 Å². The fourth-order valence-electron chi connectivity index (χ4n) is 1.19. The van der Waals surface area contributed by atoms with E-state index >= 15 is 0 Å². The summed E-state index contributed by atoms with van der Waals surface area (Å²) in [6, 6.07) is 0. The zero-order valence-corrected chi connectivity index (χ0v) is 10.2. The van der Waals surface area contributed by atoms with Gasteiger partial charge in [-0.3, -0.25) is 4.79 Å². The molecule has 4 heteroatoms. The maximum absolute atomic E-state index is 10.8. The van der Waals surface area contributed by atoms with Crippen LogP contribution >= 0.6 is 11.8 Å². The van der Waals surface area contributed by atoms with Gasteiger partial charge in [0.15, 0.2) is 0 Å². The van der Waals surface area contributed by atoms with Gasteiger partial charge in [-0.15, -0.1) is 0 Å². The van der Waals surface area contributed by atoms with Crippen molar-refractivity contribution in [3.8, 4) is 0 Å². The topological polar surface area (TPSA) is 29.5 Å². The van der Waals surface area contributed by atoms with Gasteiger partial charge in [0, 0.05) is 6.42 Å². The lowest BCUT2D eigenvalue weighted by atomic mass is 10.3. The first-order valence-electron chi connectivity index (χ1n) is 4.95. The van der Waals surface area contributed by atoms with Crippen LogP contribution in [0.3, 0.4) is 0 Å². The van der Waals surface area contributed by atoms with E-state index in [4.69, 9.17) is 0 Å². The van der Waals surface area contributed by atoms with Crippen LogP contribution in [0.4, 0.5) is 0 Å². The van der Waals surface area contributed by atoms with E-state index in [9.17, 15) is 4.79 Å². The number of nitrogens with zero attached hydrogens (tertiary/aromatic N) is 1. The van der Waals surface area contributed by atoms with E-state index in [-0.39, 0.29) is 5.97 Å². The summed E-state index contributed by atoms with van der Waals surface area (Å²) in [5.41, 5.74) is 0. The molecule has 0 aromatic heterocycles. The van der Waals surface area contributed by atoms with Gasteiger partial charge >= 0.3 is 5.97 Å². The van der Waals surface area contributed by atoms with E-state index in [1.807, 2.05) is 11.8 Å². The van der Waals surface area contributed by atoms with E-state index in [2.05, 4.69) is 22.9 Å². The highest BCUT2D eigenvalue weighted by molar-refractivity contribution is 7.98. The van der Waals surface area contributed by atoms with Gasteiger partial charge in [-0.1, -0.05) is 0 Å². The van der Waals surface area contributed by atoms with Crippen LogP contribution in [0.25, 0.3) is 0 Å². The third-order valence-electron chi connectivity index (χ3n) is 2.04. The van der Waals surface area contributed by atoms with Crippen LogP contribution in [0.15, 0.2) is 0 Å². The fourth-order valence-corrected chi connectivity index (χ4v) is 1.60. The van der Waals surface area contributed by atoms with Crippen LogP contribution in [-0.2, 0) is 9.53 Å². The van der Waals surface area contributed by atoms with Crippen molar-refractivity contribution in [1.29, 1.82) is 0 Å². The minimum atomic E-state index is -0.109. The van der Waals surface area contributed by atoms with Crippen LogP contribution in [-0.4, -0.2) is 50.1 Å². The summed E-state index contributed by atoms with van der Waals surface area (Å²) in [6.45, 7) is 2.09. The van der Waals surface area contributed by atoms with Crippen molar-refractivity contribution >= 4 is 17.7 Å². The number of carbonyl (C=O) groups excluding carboxylic acids is 1. The zero-order chi connectivity index (χ0) is 10.8. The normalized spacial score (nSPS) is 10.6. The Bertz CT molecular complexity index is 153. The number of carbonyl (C=O) groups is 1. The molecular weight excluding hydrogens is 198 g/mol. The second kappa shape index (κ2) is 9.34. The molecule has 0 aromatic rings. The average Bonchev–Trinajstić information content (AvgIpc) is 2.18. The molecule has 0 fully saturated rings. The summed E-state index contributed by atoms with van der Waals surface area (Å²) < 4.78 is 4.57. The Hall–Kier alpha value is -0.220. The van der Waals surface area contributed by atoms with E-state index < -0.39 is 0 Å². The third kappa shape index (κ3) is 8.38. The van der Waals surface area contributed by atoms with E-state index in [1.54, 1.807) is 0 Å². The molecule has 0 heterocycles. The number of methoxy groups -OCH3 is 1. The molecule has 0 aliphatic carbocycles.